The lowest BCUT2D eigenvalue weighted by molar-refractivity contribution is 0.0883. The fourth-order valence-electron chi connectivity index (χ4n) is 3.61. The number of carbonyl (C=O) groups is 2. The van der Waals surface area contributed by atoms with Gasteiger partial charge in [-0.15, -0.1) is 0 Å². The van der Waals surface area contributed by atoms with E-state index in [-0.39, 0.29) is 0 Å². The third kappa shape index (κ3) is 7.03. The van der Waals surface area contributed by atoms with Gasteiger partial charge in [-0.1, -0.05) is 71.7 Å². The van der Waals surface area contributed by atoms with Gasteiger partial charge in [0.25, 0.3) is 11.8 Å². The Bertz CT molecular complexity index is 1340. The fourth-order valence-corrected chi connectivity index (χ4v) is 3.99. The van der Waals surface area contributed by atoms with E-state index in [0.29, 0.717) is 44.8 Å². The van der Waals surface area contributed by atoms with E-state index in [0.717, 1.165) is 5.56 Å². The molecule has 4 rings (SSSR count). The van der Waals surface area contributed by atoms with Crippen LogP contribution in [0.2, 0.25) is 10.0 Å². The number of rotatable bonds is 9. The molecule has 0 bridgehead atoms. The molecule has 2 N–H and O–H groups in total. The van der Waals surface area contributed by atoms with Crippen molar-refractivity contribution in [2.45, 2.75) is 12.8 Å². The number of hydrogen-bond acceptors (Lipinski definition) is 4. The van der Waals surface area contributed by atoms with Crippen molar-refractivity contribution >= 4 is 35.0 Å². The number of ether oxygens (including phenoxy) is 2. The van der Waals surface area contributed by atoms with Gasteiger partial charge in [-0.05, 0) is 59.7 Å². The first kappa shape index (κ1) is 26.1. The Hall–Kier alpha value is -4.00. The smallest absolute Gasteiger partial charge is 0.253 e. The molecule has 0 aliphatic carbocycles. The molecule has 0 aliphatic heterocycles. The van der Waals surface area contributed by atoms with Crippen LogP contribution in [0.15, 0.2) is 97.1 Å². The lowest BCUT2D eigenvalue weighted by atomic mass is 10.1. The summed E-state index contributed by atoms with van der Waals surface area (Å²) in [4.78, 5) is 26.1. The summed E-state index contributed by atoms with van der Waals surface area (Å²) in [6, 6.07) is 28.0. The third-order valence-electron chi connectivity index (χ3n) is 5.48. The van der Waals surface area contributed by atoms with Crippen molar-refractivity contribution < 1.29 is 19.1 Å². The first-order valence-corrected chi connectivity index (χ1v) is 12.2. The summed E-state index contributed by atoms with van der Waals surface area (Å²) >= 11 is 12.1. The lowest BCUT2D eigenvalue weighted by Gasteiger charge is -2.22. The highest BCUT2D eigenvalue weighted by molar-refractivity contribution is 6.31. The molecule has 0 heterocycles. The van der Waals surface area contributed by atoms with Gasteiger partial charge in [-0.2, -0.15) is 0 Å². The normalized spacial score (nSPS) is 10.6. The quantitative estimate of drug-likeness (QED) is 0.242. The maximum Gasteiger partial charge on any atom is 0.253 e. The fraction of sp³-hybridized carbons (Fsp3) is 0.103. The van der Waals surface area contributed by atoms with Crippen molar-refractivity contribution in [2.75, 3.05) is 7.11 Å². The van der Waals surface area contributed by atoms with E-state index in [4.69, 9.17) is 32.7 Å². The highest BCUT2D eigenvalue weighted by Gasteiger charge is 2.21. The Balaban J connectivity index is 1.60. The lowest BCUT2D eigenvalue weighted by Crippen LogP contribution is -2.41. The minimum Gasteiger partial charge on any atom is -0.493 e. The van der Waals surface area contributed by atoms with E-state index < -0.39 is 18.0 Å². The molecule has 0 aromatic heterocycles. The Kier molecular flexibility index (Phi) is 8.67. The van der Waals surface area contributed by atoms with Crippen molar-refractivity contribution in [3.8, 4) is 11.5 Å². The van der Waals surface area contributed by atoms with Crippen LogP contribution in [0.5, 0.6) is 11.5 Å². The molecule has 0 atom stereocenters. The first-order chi connectivity index (χ1) is 17.9. The van der Waals surface area contributed by atoms with Crippen molar-refractivity contribution in [1.82, 2.24) is 10.6 Å². The predicted molar refractivity (Wildman–Crippen MR) is 144 cm³/mol. The van der Waals surface area contributed by atoms with Crippen LogP contribution in [0.25, 0.3) is 0 Å². The SMILES string of the molecule is COc1cc(C(NC(=O)c2cccc(Cl)c2)NC(=O)c2cccc(Cl)c2)ccc1OCc1ccccc1. The molecule has 4 aromatic carbocycles. The molecule has 188 valence electrons. The van der Waals surface area contributed by atoms with Gasteiger partial charge in [0.1, 0.15) is 12.8 Å². The summed E-state index contributed by atoms with van der Waals surface area (Å²) in [6.45, 7) is 0.358. The molecule has 0 radical (unpaired) electrons. The van der Waals surface area contributed by atoms with Crippen LogP contribution in [-0.4, -0.2) is 18.9 Å². The van der Waals surface area contributed by atoms with E-state index in [1.807, 2.05) is 30.3 Å². The minimum atomic E-state index is -0.893. The monoisotopic (exact) mass is 534 g/mol. The molecule has 6 nitrogen and oxygen atoms in total. The molecule has 37 heavy (non-hydrogen) atoms. The van der Waals surface area contributed by atoms with Gasteiger partial charge in [0.05, 0.1) is 7.11 Å². The van der Waals surface area contributed by atoms with Crippen LogP contribution in [0.3, 0.4) is 0 Å². The molecular formula is C29H24Cl2N2O4. The average Bonchev–Trinajstić information content (AvgIpc) is 2.92. The van der Waals surface area contributed by atoms with Crippen LogP contribution in [0.1, 0.15) is 38.0 Å². The summed E-state index contributed by atoms with van der Waals surface area (Å²) in [6.07, 6.45) is -0.893. The van der Waals surface area contributed by atoms with Crippen molar-refractivity contribution in [3.05, 3.63) is 129 Å². The molecule has 0 spiro atoms. The van der Waals surface area contributed by atoms with Crippen molar-refractivity contribution in [2.24, 2.45) is 0 Å². The summed E-state index contributed by atoms with van der Waals surface area (Å²) in [5, 5.41) is 6.57. The van der Waals surface area contributed by atoms with Gasteiger partial charge in [-0.3, -0.25) is 9.59 Å². The average molecular weight is 535 g/mol. The van der Waals surface area contributed by atoms with Crippen LogP contribution in [-0.2, 0) is 6.61 Å². The molecule has 2 amide bonds. The van der Waals surface area contributed by atoms with E-state index in [9.17, 15) is 9.59 Å². The van der Waals surface area contributed by atoms with Gasteiger partial charge >= 0.3 is 0 Å². The molecule has 0 fully saturated rings. The largest absolute Gasteiger partial charge is 0.493 e. The van der Waals surface area contributed by atoms with E-state index in [2.05, 4.69) is 10.6 Å². The molecule has 4 aromatic rings. The summed E-state index contributed by atoms with van der Waals surface area (Å²) in [7, 11) is 1.53. The maximum absolute atomic E-state index is 13.0. The topological polar surface area (TPSA) is 76.7 Å². The summed E-state index contributed by atoms with van der Waals surface area (Å²) in [5.41, 5.74) is 2.29. The third-order valence-corrected chi connectivity index (χ3v) is 5.95. The van der Waals surface area contributed by atoms with E-state index in [1.165, 1.54) is 7.11 Å². The van der Waals surface area contributed by atoms with Gasteiger partial charge in [0.2, 0.25) is 0 Å². The van der Waals surface area contributed by atoms with Crippen molar-refractivity contribution in [3.63, 3.8) is 0 Å². The molecule has 8 heteroatoms. The van der Waals surface area contributed by atoms with Gasteiger partial charge < -0.3 is 20.1 Å². The Morgan fingerprint density at radius 1 is 0.730 bits per heavy atom. The Morgan fingerprint density at radius 3 is 1.86 bits per heavy atom. The number of carbonyl (C=O) groups excluding carboxylic acids is 2. The first-order valence-electron chi connectivity index (χ1n) is 11.4. The molecular weight excluding hydrogens is 511 g/mol. The second-order valence-electron chi connectivity index (χ2n) is 8.09. The Labute approximate surface area is 225 Å². The van der Waals surface area contributed by atoms with Crippen LogP contribution >= 0.6 is 23.2 Å². The summed E-state index contributed by atoms with van der Waals surface area (Å²) < 4.78 is 11.5. The number of benzene rings is 4. The number of halogens is 2. The Morgan fingerprint density at radius 2 is 1.32 bits per heavy atom. The predicted octanol–water partition coefficient (Wildman–Crippen LogP) is 6.44. The number of amides is 2. The standard InChI is InChI=1S/C29H24Cl2N2O4/c1-36-26-17-20(13-14-25(26)37-18-19-7-3-2-4-8-19)27(32-28(34)21-9-5-11-23(30)15-21)33-29(35)22-10-6-12-24(31)16-22/h2-17,27H,18H2,1H3,(H,32,34)(H,33,35). The number of methoxy groups -OCH3 is 1. The molecule has 0 saturated heterocycles. The molecule has 0 saturated carbocycles. The zero-order valence-corrected chi connectivity index (χ0v) is 21.4. The summed E-state index contributed by atoms with van der Waals surface area (Å²) in [5.74, 6) is 0.146. The number of hydrogen-bond donors (Lipinski definition) is 2. The second kappa shape index (κ2) is 12.3. The maximum atomic E-state index is 13.0. The van der Waals surface area contributed by atoms with Crippen molar-refractivity contribution in [1.29, 1.82) is 0 Å². The van der Waals surface area contributed by atoms with E-state index in [1.54, 1.807) is 66.7 Å². The van der Waals surface area contributed by atoms with Gasteiger partial charge in [-0.25, -0.2) is 0 Å². The molecule has 0 aliphatic rings. The zero-order valence-electron chi connectivity index (χ0n) is 19.9. The van der Waals surface area contributed by atoms with Gasteiger partial charge in [0, 0.05) is 21.2 Å². The van der Waals surface area contributed by atoms with Gasteiger partial charge in [0.15, 0.2) is 11.5 Å². The van der Waals surface area contributed by atoms with Crippen LogP contribution in [0.4, 0.5) is 0 Å². The number of nitrogens with one attached hydrogen (secondary N) is 2. The van der Waals surface area contributed by atoms with E-state index >= 15 is 0 Å². The van der Waals surface area contributed by atoms with Crippen LogP contribution < -0.4 is 20.1 Å². The highest BCUT2D eigenvalue weighted by atomic mass is 35.5. The minimum absolute atomic E-state index is 0.351. The zero-order chi connectivity index (χ0) is 26.2. The highest BCUT2D eigenvalue weighted by Crippen LogP contribution is 2.31. The second-order valence-corrected chi connectivity index (χ2v) is 8.96. The molecule has 0 unspecified atom stereocenters. The van der Waals surface area contributed by atoms with Crippen LogP contribution in [0, 0.1) is 0 Å².